The average Bonchev–Trinajstić information content (AvgIpc) is 2.91. The van der Waals surface area contributed by atoms with Gasteiger partial charge in [-0.2, -0.15) is 0 Å². The molecular weight excluding hydrogens is 431 g/mol. The zero-order valence-corrected chi connectivity index (χ0v) is 15.9. The lowest BCUT2D eigenvalue weighted by Gasteiger charge is -2.12. The predicted octanol–water partition coefficient (Wildman–Crippen LogP) is 3.07. The Kier molecular flexibility index (Phi) is 5.54. The lowest BCUT2D eigenvalue weighted by molar-refractivity contribution is -0.116. The van der Waals surface area contributed by atoms with Crippen molar-refractivity contribution in [3.8, 4) is 0 Å². The Morgan fingerprint density at radius 3 is 2.84 bits per heavy atom. The molecule has 0 bridgehead atoms. The minimum Gasteiger partial charge on any atom is -0.392 e. The summed E-state index contributed by atoms with van der Waals surface area (Å²) in [7, 11) is 0. The lowest BCUT2D eigenvalue weighted by Crippen LogP contribution is -2.22. The van der Waals surface area contributed by atoms with Gasteiger partial charge in [0.1, 0.15) is 6.54 Å². The molecule has 0 saturated heterocycles. The van der Waals surface area contributed by atoms with Crippen LogP contribution >= 0.6 is 22.6 Å². The van der Waals surface area contributed by atoms with Crippen LogP contribution in [0.1, 0.15) is 6.92 Å². The first-order valence-electron chi connectivity index (χ1n) is 7.95. The number of nitrogens with zero attached hydrogens (tertiary/aromatic N) is 2. The van der Waals surface area contributed by atoms with Crippen molar-refractivity contribution in [1.29, 1.82) is 0 Å². The number of hydrogen-bond donors (Lipinski definition) is 3. The maximum atomic E-state index is 12.5. The van der Waals surface area contributed by atoms with Crippen LogP contribution in [0.15, 0.2) is 48.5 Å². The van der Waals surface area contributed by atoms with Crippen molar-refractivity contribution in [2.75, 3.05) is 17.2 Å². The molecule has 0 aliphatic carbocycles. The van der Waals surface area contributed by atoms with E-state index in [0.29, 0.717) is 12.5 Å². The van der Waals surface area contributed by atoms with Gasteiger partial charge in [0.05, 0.1) is 17.1 Å². The molecule has 1 aromatic heterocycles. The molecule has 1 amide bonds. The van der Waals surface area contributed by atoms with Gasteiger partial charge < -0.3 is 20.3 Å². The number of carbonyl (C=O) groups excluding carboxylic acids is 1. The third kappa shape index (κ3) is 4.49. The van der Waals surface area contributed by atoms with E-state index in [-0.39, 0.29) is 12.5 Å². The Morgan fingerprint density at radius 2 is 2.08 bits per heavy atom. The van der Waals surface area contributed by atoms with Crippen molar-refractivity contribution in [1.82, 2.24) is 9.55 Å². The molecule has 0 aliphatic rings. The van der Waals surface area contributed by atoms with Gasteiger partial charge >= 0.3 is 0 Å². The molecule has 0 spiro atoms. The van der Waals surface area contributed by atoms with E-state index in [2.05, 4.69) is 38.2 Å². The SMILES string of the molecule is C[C@@H](O)CNc1nc2ccccc2n1CC(=O)Nc1cccc(I)c1. The molecule has 0 radical (unpaired) electrons. The summed E-state index contributed by atoms with van der Waals surface area (Å²) in [6.07, 6.45) is -0.506. The highest BCUT2D eigenvalue weighted by atomic mass is 127. The van der Waals surface area contributed by atoms with Gasteiger partial charge in [-0.05, 0) is 59.8 Å². The predicted molar refractivity (Wildman–Crippen MR) is 108 cm³/mol. The highest BCUT2D eigenvalue weighted by Crippen LogP contribution is 2.20. The molecule has 3 N–H and O–H groups in total. The number of amides is 1. The number of aromatic nitrogens is 2. The number of fused-ring (bicyclic) bond motifs is 1. The first-order chi connectivity index (χ1) is 12.0. The number of halogens is 1. The zero-order chi connectivity index (χ0) is 17.8. The van der Waals surface area contributed by atoms with Gasteiger partial charge in [0.25, 0.3) is 0 Å². The van der Waals surface area contributed by atoms with Crippen molar-refractivity contribution in [2.45, 2.75) is 19.6 Å². The number of anilines is 2. The topological polar surface area (TPSA) is 79.2 Å². The second kappa shape index (κ2) is 7.83. The number of aliphatic hydroxyl groups excluding tert-OH is 1. The Morgan fingerprint density at radius 1 is 1.28 bits per heavy atom. The number of carbonyl (C=O) groups is 1. The van der Waals surface area contributed by atoms with Gasteiger partial charge in [-0.15, -0.1) is 0 Å². The van der Waals surface area contributed by atoms with Crippen LogP contribution < -0.4 is 10.6 Å². The summed E-state index contributed by atoms with van der Waals surface area (Å²) in [4.78, 5) is 17.0. The second-order valence-electron chi connectivity index (χ2n) is 5.80. The van der Waals surface area contributed by atoms with Crippen LogP contribution in [0.4, 0.5) is 11.6 Å². The first kappa shape index (κ1) is 17.7. The molecule has 25 heavy (non-hydrogen) atoms. The normalized spacial score (nSPS) is 12.1. The van der Waals surface area contributed by atoms with E-state index in [9.17, 15) is 9.90 Å². The van der Waals surface area contributed by atoms with Gasteiger partial charge in [0.2, 0.25) is 11.9 Å². The molecule has 0 fully saturated rings. The molecule has 3 aromatic rings. The highest BCUT2D eigenvalue weighted by molar-refractivity contribution is 14.1. The number of nitrogens with one attached hydrogen (secondary N) is 2. The fourth-order valence-electron chi connectivity index (χ4n) is 2.52. The first-order valence-corrected chi connectivity index (χ1v) is 9.03. The Labute approximate surface area is 159 Å². The van der Waals surface area contributed by atoms with Crippen molar-refractivity contribution < 1.29 is 9.90 Å². The molecule has 2 aromatic carbocycles. The quantitative estimate of drug-likeness (QED) is 0.505. The Hall–Kier alpha value is -2.13. The maximum absolute atomic E-state index is 12.5. The van der Waals surface area contributed by atoms with Gasteiger partial charge in [0.15, 0.2) is 0 Å². The number of aliphatic hydroxyl groups is 1. The summed E-state index contributed by atoms with van der Waals surface area (Å²) in [6.45, 7) is 2.19. The van der Waals surface area contributed by atoms with Gasteiger partial charge in [-0.25, -0.2) is 4.98 Å². The average molecular weight is 450 g/mol. The molecule has 7 heteroatoms. The monoisotopic (exact) mass is 450 g/mol. The molecule has 3 rings (SSSR count). The van der Waals surface area contributed by atoms with E-state index in [1.54, 1.807) is 6.92 Å². The summed E-state index contributed by atoms with van der Waals surface area (Å²) >= 11 is 2.21. The summed E-state index contributed by atoms with van der Waals surface area (Å²) in [5, 5.41) is 15.5. The van der Waals surface area contributed by atoms with E-state index >= 15 is 0 Å². The number of benzene rings is 2. The van der Waals surface area contributed by atoms with Crippen LogP contribution in [0.5, 0.6) is 0 Å². The summed E-state index contributed by atoms with van der Waals surface area (Å²) < 4.78 is 2.88. The minimum atomic E-state index is -0.506. The molecular formula is C18H19IN4O2. The van der Waals surface area contributed by atoms with Crippen LogP contribution in [0.2, 0.25) is 0 Å². The third-order valence-electron chi connectivity index (χ3n) is 3.62. The van der Waals surface area contributed by atoms with E-state index in [1.165, 1.54) is 0 Å². The molecule has 0 saturated carbocycles. The van der Waals surface area contributed by atoms with E-state index < -0.39 is 6.10 Å². The fourth-order valence-corrected chi connectivity index (χ4v) is 3.06. The molecule has 1 heterocycles. The van der Waals surface area contributed by atoms with E-state index in [1.807, 2.05) is 53.1 Å². The van der Waals surface area contributed by atoms with Crippen molar-refractivity contribution >= 4 is 51.2 Å². The number of para-hydroxylation sites is 2. The highest BCUT2D eigenvalue weighted by Gasteiger charge is 2.14. The largest absolute Gasteiger partial charge is 0.392 e. The summed E-state index contributed by atoms with van der Waals surface area (Å²) in [5.74, 6) is 0.435. The standard InChI is InChI=1S/C18H19IN4O2/c1-12(24)10-20-18-22-15-7-2-3-8-16(15)23(18)11-17(25)21-14-6-4-5-13(19)9-14/h2-9,12,24H,10-11H2,1H3,(H,20,22)(H,21,25)/t12-/m1/s1. The summed E-state index contributed by atoms with van der Waals surface area (Å²) in [5.41, 5.74) is 2.44. The molecule has 130 valence electrons. The lowest BCUT2D eigenvalue weighted by atomic mass is 10.3. The molecule has 0 aliphatic heterocycles. The number of imidazole rings is 1. The van der Waals surface area contributed by atoms with E-state index in [0.717, 1.165) is 20.3 Å². The fraction of sp³-hybridized carbons (Fsp3) is 0.222. The number of hydrogen-bond acceptors (Lipinski definition) is 4. The van der Waals surface area contributed by atoms with Crippen LogP contribution in [0, 0.1) is 3.57 Å². The van der Waals surface area contributed by atoms with Gasteiger partial charge in [-0.1, -0.05) is 18.2 Å². The Bertz CT molecular complexity index is 892. The zero-order valence-electron chi connectivity index (χ0n) is 13.7. The summed E-state index contributed by atoms with van der Waals surface area (Å²) in [6, 6.07) is 15.3. The Balaban J connectivity index is 1.83. The van der Waals surface area contributed by atoms with E-state index in [4.69, 9.17) is 0 Å². The maximum Gasteiger partial charge on any atom is 0.244 e. The van der Waals surface area contributed by atoms with Crippen LogP contribution in [-0.2, 0) is 11.3 Å². The van der Waals surface area contributed by atoms with Crippen molar-refractivity contribution in [2.24, 2.45) is 0 Å². The molecule has 0 unspecified atom stereocenters. The van der Waals surface area contributed by atoms with Crippen molar-refractivity contribution in [3.63, 3.8) is 0 Å². The van der Waals surface area contributed by atoms with Gasteiger partial charge in [0, 0.05) is 15.8 Å². The van der Waals surface area contributed by atoms with Gasteiger partial charge in [-0.3, -0.25) is 4.79 Å². The van der Waals surface area contributed by atoms with Crippen LogP contribution in [0.3, 0.4) is 0 Å². The minimum absolute atomic E-state index is 0.133. The van der Waals surface area contributed by atoms with Crippen LogP contribution in [-0.4, -0.2) is 33.2 Å². The van der Waals surface area contributed by atoms with Crippen LogP contribution in [0.25, 0.3) is 11.0 Å². The van der Waals surface area contributed by atoms with Crippen molar-refractivity contribution in [3.05, 3.63) is 52.1 Å². The molecule has 1 atom stereocenters. The third-order valence-corrected chi connectivity index (χ3v) is 4.29. The molecule has 6 nitrogen and oxygen atoms in total. The number of rotatable bonds is 6. The second-order valence-corrected chi connectivity index (χ2v) is 7.04. The smallest absolute Gasteiger partial charge is 0.244 e.